The van der Waals surface area contributed by atoms with Crippen LogP contribution in [0.15, 0.2) is 18.2 Å². The van der Waals surface area contributed by atoms with Gasteiger partial charge < -0.3 is 10.0 Å². The van der Waals surface area contributed by atoms with E-state index in [0.29, 0.717) is 11.5 Å². The molecule has 0 unspecified atom stereocenters. The lowest BCUT2D eigenvalue weighted by Gasteiger charge is -2.25. The first kappa shape index (κ1) is 13.0. The van der Waals surface area contributed by atoms with Crippen molar-refractivity contribution < 1.29 is 9.50 Å². The number of hydrogen-bond acceptors (Lipinski definition) is 2. The molecular weight excluding hydrogens is 205 g/mol. The summed E-state index contributed by atoms with van der Waals surface area (Å²) in [6.45, 7) is 6.64. The van der Waals surface area contributed by atoms with E-state index < -0.39 is 6.10 Å². The smallest absolute Gasteiger partial charge is 0.131 e. The average molecular weight is 225 g/mol. The zero-order valence-corrected chi connectivity index (χ0v) is 10.4. The molecule has 0 saturated heterocycles. The molecule has 0 aliphatic carbocycles. The van der Waals surface area contributed by atoms with E-state index in [4.69, 9.17) is 0 Å². The Hall–Kier alpha value is -1.09. The molecule has 0 fully saturated rings. The fraction of sp³-hybridized carbons (Fsp3) is 0.538. The monoisotopic (exact) mass is 225 g/mol. The Kier molecular flexibility index (Phi) is 4.30. The number of aliphatic hydroxyl groups is 1. The van der Waals surface area contributed by atoms with Gasteiger partial charge in [-0.15, -0.1) is 0 Å². The molecule has 0 heterocycles. The first-order chi connectivity index (χ1) is 7.43. The van der Waals surface area contributed by atoms with Crippen LogP contribution >= 0.6 is 0 Å². The van der Waals surface area contributed by atoms with Crippen LogP contribution in [0.1, 0.15) is 32.4 Å². The number of aliphatic hydroxyl groups excluding tert-OH is 1. The molecule has 1 N–H and O–H groups in total. The van der Waals surface area contributed by atoms with Gasteiger partial charge >= 0.3 is 0 Å². The third-order valence-electron chi connectivity index (χ3n) is 2.50. The topological polar surface area (TPSA) is 23.5 Å². The molecule has 1 aromatic carbocycles. The number of anilines is 1. The van der Waals surface area contributed by atoms with Crippen LogP contribution in [0.25, 0.3) is 0 Å². The summed E-state index contributed by atoms with van der Waals surface area (Å²) < 4.78 is 13.6. The van der Waals surface area contributed by atoms with Crippen molar-refractivity contribution in [2.24, 2.45) is 5.92 Å². The molecule has 2 nitrogen and oxygen atoms in total. The van der Waals surface area contributed by atoms with Crippen molar-refractivity contribution in [1.29, 1.82) is 0 Å². The molecule has 0 radical (unpaired) electrons. The summed E-state index contributed by atoms with van der Waals surface area (Å²) in [7, 11) is 1.92. The van der Waals surface area contributed by atoms with Gasteiger partial charge in [0.15, 0.2) is 0 Å². The SMILES string of the molecule is CC(C)CN(C)c1cccc(F)c1[C@@H](C)O. The van der Waals surface area contributed by atoms with Crippen LogP contribution in [-0.2, 0) is 0 Å². The van der Waals surface area contributed by atoms with E-state index in [1.165, 1.54) is 6.07 Å². The Morgan fingerprint density at radius 3 is 2.44 bits per heavy atom. The highest BCUT2D eigenvalue weighted by molar-refractivity contribution is 5.54. The summed E-state index contributed by atoms with van der Waals surface area (Å²) in [5, 5.41) is 9.60. The van der Waals surface area contributed by atoms with Gasteiger partial charge in [0, 0.05) is 24.8 Å². The van der Waals surface area contributed by atoms with Crippen LogP contribution in [0.5, 0.6) is 0 Å². The van der Waals surface area contributed by atoms with Crippen molar-refractivity contribution in [3.8, 4) is 0 Å². The van der Waals surface area contributed by atoms with Crippen LogP contribution < -0.4 is 4.90 Å². The lowest BCUT2D eigenvalue weighted by atomic mass is 10.1. The number of halogens is 1. The molecule has 16 heavy (non-hydrogen) atoms. The Bertz CT molecular complexity index is 350. The summed E-state index contributed by atoms with van der Waals surface area (Å²) in [5.74, 6) is 0.151. The van der Waals surface area contributed by atoms with E-state index in [1.807, 2.05) is 18.0 Å². The maximum Gasteiger partial charge on any atom is 0.131 e. The fourth-order valence-corrected chi connectivity index (χ4v) is 1.92. The van der Waals surface area contributed by atoms with Crippen LogP contribution in [0.2, 0.25) is 0 Å². The molecule has 0 aliphatic rings. The lowest BCUT2D eigenvalue weighted by molar-refractivity contribution is 0.194. The molecular formula is C13H20FNO. The van der Waals surface area contributed by atoms with Crippen LogP contribution in [-0.4, -0.2) is 18.7 Å². The summed E-state index contributed by atoms with van der Waals surface area (Å²) in [6.07, 6.45) is -0.786. The number of hydrogen-bond donors (Lipinski definition) is 1. The Balaban J connectivity index is 3.07. The van der Waals surface area contributed by atoms with E-state index in [9.17, 15) is 9.50 Å². The van der Waals surface area contributed by atoms with Gasteiger partial charge in [-0.2, -0.15) is 0 Å². The minimum atomic E-state index is -0.786. The van der Waals surface area contributed by atoms with E-state index >= 15 is 0 Å². The summed E-state index contributed by atoms with van der Waals surface area (Å²) in [4.78, 5) is 1.98. The van der Waals surface area contributed by atoms with Gasteiger partial charge in [0.25, 0.3) is 0 Å². The molecule has 3 heteroatoms. The molecule has 0 amide bonds. The number of benzene rings is 1. The van der Waals surface area contributed by atoms with E-state index in [0.717, 1.165) is 12.2 Å². The van der Waals surface area contributed by atoms with E-state index in [-0.39, 0.29) is 5.82 Å². The molecule has 0 bridgehead atoms. The molecule has 0 aromatic heterocycles. The molecule has 1 atom stereocenters. The second-order valence-electron chi connectivity index (χ2n) is 4.62. The highest BCUT2D eigenvalue weighted by atomic mass is 19.1. The summed E-state index contributed by atoms with van der Waals surface area (Å²) in [5.41, 5.74) is 1.15. The standard InChI is InChI=1S/C13H20FNO/c1-9(2)8-15(4)12-7-5-6-11(14)13(12)10(3)16/h5-7,9-10,16H,8H2,1-4H3/t10-/m1/s1. The predicted octanol–water partition coefficient (Wildman–Crippen LogP) is 2.97. The Labute approximate surface area is 96.7 Å². The van der Waals surface area contributed by atoms with Gasteiger partial charge in [-0.3, -0.25) is 0 Å². The minimum Gasteiger partial charge on any atom is -0.389 e. The normalized spacial score (nSPS) is 12.9. The second-order valence-corrected chi connectivity index (χ2v) is 4.62. The van der Waals surface area contributed by atoms with Crippen molar-refractivity contribution in [3.63, 3.8) is 0 Å². The van der Waals surface area contributed by atoms with Gasteiger partial charge in [0.05, 0.1) is 6.10 Å². The highest BCUT2D eigenvalue weighted by Crippen LogP contribution is 2.28. The molecule has 1 aromatic rings. The minimum absolute atomic E-state index is 0.344. The fourth-order valence-electron chi connectivity index (χ4n) is 1.92. The number of rotatable bonds is 4. The first-order valence-electron chi connectivity index (χ1n) is 5.61. The molecule has 1 rings (SSSR count). The lowest BCUT2D eigenvalue weighted by Crippen LogP contribution is -2.24. The van der Waals surface area contributed by atoms with E-state index in [1.54, 1.807) is 13.0 Å². The zero-order chi connectivity index (χ0) is 12.3. The van der Waals surface area contributed by atoms with Crippen LogP contribution in [0.4, 0.5) is 10.1 Å². The van der Waals surface area contributed by atoms with Gasteiger partial charge in [-0.1, -0.05) is 19.9 Å². The highest BCUT2D eigenvalue weighted by Gasteiger charge is 2.16. The maximum absolute atomic E-state index is 13.6. The predicted molar refractivity (Wildman–Crippen MR) is 65.1 cm³/mol. The van der Waals surface area contributed by atoms with Gasteiger partial charge in [-0.05, 0) is 25.0 Å². The molecule has 90 valence electrons. The van der Waals surface area contributed by atoms with Gasteiger partial charge in [0.1, 0.15) is 5.82 Å². The van der Waals surface area contributed by atoms with Crippen molar-refractivity contribution in [2.75, 3.05) is 18.5 Å². The average Bonchev–Trinajstić information content (AvgIpc) is 2.15. The second kappa shape index (κ2) is 5.30. The maximum atomic E-state index is 13.6. The number of nitrogens with zero attached hydrogens (tertiary/aromatic N) is 1. The van der Waals surface area contributed by atoms with Crippen molar-refractivity contribution in [2.45, 2.75) is 26.9 Å². The Morgan fingerprint density at radius 2 is 1.94 bits per heavy atom. The van der Waals surface area contributed by atoms with Crippen molar-refractivity contribution >= 4 is 5.69 Å². The third kappa shape index (κ3) is 2.95. The van der Waals surface area contributed by atoms with Crippen LogP contribution in [0, 0.1) is 11.7 Å². The third-order valence-corrected chi connectivity index (χ3v) is 2.50. The largest absolute Gasteiger partial charge is 0.389 e. The van der Waals surface area contributed by atoms with Crippen LogP contribution in [0.3, 0.4) is 0 Å². The molecule has 0 spiro atoms. The summed E-state index contributed by atoms with van der Waals surface area (Å²) in [6, 6.07) is 4.90. The van der Waals surface area contributed by atoms with Gasteiger partial charge in [0.2, 0.25) is 0 Å². The molecule has 0 saturated carbocycles. The molecule has 0 aliphatic heterocycles. The Morgan fingerprint density at radius 1 is 1.31 bits per heavy atom. The quantitative estimate of drug-likeness (QED) is 0.851. The van der Waals surface area contributed by atoms with Crippen molar-refractivity contribution in [1.82, 2.24) is 0 Å². The first-order valence-corrected chi connectivity index (χ1v) is 5.61. The zero-order valence-electron chi connectivity index (χ0n) is 10.4. The summed E-state index contributed by atoms with van der Waals surface area (Å²) >= 11 is 0. The van der Waals surface area contributed by atoms with Gasteiger partial charge in [-0.25, -0.2) is 4.39 Å². The van der Waals surface area contributed by atoms with Crippen molar-refractivity contribution in [3.05, 3.63) is 29.6 Å². The van der Waals surface area contributed by atoms with E-state index in [2.05, 4.69) is 13.8 Å².